The van der Waals surface area contributed by atoms with E-state index in [0.29, 0.717) is 0 Å². The van der Waals surface area contributed by atoms with Crippen LogP contribution in [0.5, 0.6) is 0 Å². The van der Waals surface area contributed by atoms with E-state index in [1.54, 1.807) is 6.20 Å². The molecule has 0 aromatic carbocycles. The molecule has 1 atom stereocenters. The van der Waals surface area contributed by atoms with Crippen LogP contribution >= 0.6 is 0 Å². The number of hydrogen-bond donors (Lipinski definition) is 3. The Morgan fingerprint density at radius 3 is 2.87 bits per heavy atom. The molecule has 0 amide bonds. The minimum atomic E-state index is 0.187. The summed E-state index contributed by atoms with van der Waals surface area (Å²) in [6.07, 6.45) is 3.44. The van der Waals surface area contributed by atoms with E-state index in [9.17, 15) is 0 Å². The first-order valence-electron chi connectivity index (χ1n) is 5.27. The highest BCUT2D eigenvalue weighted by Gasteiger charge is 2.06. The first-order valence-corrected chi connectivity index (χ1v) is 5.27. The molecule has 0 saturated heterocycles. The van der Waals surface area contributed by atoms with Crippen LogP contribution in [0.25, 0.3) is 0 Å². The van der Waals surface area contributed by atoms with Gasteiger partial charge in [-0.2, -0.15) is 0 Å². The van der Waals surface area contributed by atoms with Crippen molar-refractivity contribution >= 4 is 11.5 Å². The zero-order valence-corrected chi connectivity index (χ0v) is 9.33. The molecule has 0 saturated carbocycles. The zero-order valence-electron chi connectivity index (χ0n) is 9.33. The molecular formula is C11H19N3O. The van der Waals surface area contributed by atoms with Crippen LogP contribution in [0, 0.1) is 6.92 Å². The van der Waals surface area contributed by atoms with Gasteiger partial charge in [-0.15, -0.1) is 0 Å². The van der Waals surface area contributed by atoms with Crippen LogP contribution in [0.1, 0.15) is 25.3 Å². The standard InChI is InChI=1S/C11H19N3O/c1-3-9(4-5-15)14-11-6-10(12)8(2)7-13-11/h6-7,9,15H,3-5H2,1-2H3,(H3,12,13,14). The van der Waals surface area contributed by atoms with Gasteiger partial charge in [0.15, 0.2) is 0 Å². The average Bonchev–Trinajstić information content (AvgIpc) is 2.23. The van der Waals surface area contributed by atoms with Crippen LogP contribution in [-0.2, 0) is 0 Å². The van der Waals surface area contributed by atoms with Crippen LogP contribution in [0.3, 0.4) is 0 Å². The normalized spacial score (nSPS) is 12.5. The van der Waals surface area contributed by atoms with Crippen molar-refractivity contribution in [1.82, 2.24) is 4.98 Å². The lowest BCUT2D eigenvalue weighted by atomic mass is 10.1. The smallest absolute Gasteiger partial charge is 0.128 e. The third kappa shape index (κ3) is 3.40. The third-order valence-corrected chi connectivity index (χ3v) is 2.47. The fraction of sp³-hybridized carbons (Fsp3) is 0.545. The fourth-order valence-electron chi connectivity index (χ4n) is 1.36. The molecule has 0 aliphatic rings. The summed E-state index contributed by atoms with van der Waals surface area (Å²) in [5.41, 5.74) is 7.51. The van der Waals surface area contributed by atoms with Crippen molar-refractivity contribution in [3.8, 4) is 0 Å². The average molecular weight is 209 g/mol. The molecule has 1 rings (SSSR count). The number of hydrogen-bond acceptors (Lipinski definition) is 4. The number of aryl methyl sites for hydroxylation is 1. The summed E-state index contributed by atoms with van der Waals surface area (Å²) in [5, 5.41) is 12.1. The molecule has 0 aliphatic heterocycles. The van der Waals surface area contributed by atoms with Gasteiger partial charge in [-0.05, 0) is 25.3 Å². The molecule has 15 heavy (non-hydrogen) atoms. The Labute approximate surface area is 90.5 Å². The minimum absolute atomic E-state index is 0.187. The van der Waals surface area contributed by atoms with Gasteiger partial charge in [0.05, 0.1) is 0 Å². The second-order valence-electron chi connectivity index (χ2n) is 3.69. The summed E-state index contributed by atoms with van der Waals surface area (Å²) in [5.74, 6) is 0.776. The Kier molecular flexibility index (Phi) is 4.37. The maximum absolute atomic E-state index is 8.86. The molecule has 0 radical (unpaired) electrons. The Hall–Kier alpha value is -1.29. The van der Waals surface area contributed by atoms with Crippen molar-refractivity contribution in [2.75, 3.05) is 17.7 Å². The van der Waals surface area contributed by atoms with E-state index in [4.69, 9.17) is 10.8 Å². The second-order valence-corrected chi connectivity index (χ2v) is 3.69. The molecule has 1 heterocycles. The SMILES string of the molecule is CCC(CCO)Nc1cc(N)c(C)cn1. The largest absolute Gasteiger partial charge is 0.398 e. The molecule has 0 aliphatic carbocycles. The van der Waals surface area contributed by atoms with E-state index in [2.05, 4.69) is 17.2 Å². The van der Waals surface area contributed by atoms with Crippen molar-refractivity contribution in [1.29, 1.82) is 0 Å². The van der Waals surface area contributed by atoms with Crippen LogP contribution < -0.4 is 11.1 Å². The Morgan fingerprint density at radius 2 is 2.33 bits per heavy atom. The monoisotopic (exact) mass is 209 g/mol. The topological polar surface area (TPSA) is 71.2 Å². The summed E-state index contributed by atoms with van der Waals surface area (Å²) in [4.78, 5) is 4.24. The molecule has 0 bridgehead atoms. The van der Waals surface area contributed by atoms with Gasteiger partial charge in [0.25, 0.3) is 0 Å². The number of aliphatic hydroxyl groups is 1. The van der Waals surface area contributed by atoms with E-state index < -0.39 is 0 Å². The van der Waals surface area contributed by atoms with Crippen LogP contribution in [0.2, 0.25) is 0 Å². The lowest BCUT2D eigenvalue weighted by Gasteiger charge is -2.16. The van der Waals surface area contributed by atoms with Gasteiger partial charge in [0.1, 0.15) is 5.82 Å². The molecule has 0 spiro atoms. The maximum Gasteiger partial charge on any atom is 0.128 e. The molecule has 4 heteroatoms. The summed E-state index contributed by atoms with van der Waals surface area (Å²) >= 11 is 0. The lowest BCUT2D eigenvalue weighted by Crippen LogP contribution is -2.20. The van der Waals surface area contributed by atoms with Crippen LogP contribution in [-0.4, -0.2) is 22.7 Å². The van der Waals surface area contributed by atoms with E-state index >= 15 is 0 Å². The van der Waals surface area contributed by atoms with Gasteiger partial charge in [0, 0.05) is 30.6 Å². The molecule has 1 aromatic heterocycles. The highest BCUT2D eigenvalue weighted by Crippen LogP contribution is 2.15. The van der Waals surface area contributed by atoms with Crippen molar-refractivity contribution in [2.45, 2.75) is 32.7 Å². The predicted molar refractivity (Wildman–Crippen MR) is 62.8 cm³/mol. The quantitative estimate of drug-likeness (QED) is 0.688. The second kappa shape index (κ2) is 5.56. The Bertz CT molecular complexity index is 315. The highest BCUT2D eigenvalue weighted by molar-refractivity contribution is 5.53. The van der Waals surface area contributed by atoms with Gasteiger partial charge in [-0.1, -0.05) is 6.92 Å². The zero-order chi connectivity index (χ0) is 11.3. The number of rotatable bonds is 5. The first-order chi connectivity index (χ1) is 7.17. The number of nitrogens with one attached hydrogen (secondary N) is 1. The predicted octanol–water partition coefficient (Wildman–Crippen LogP) is 1.55. The fourth-order valence-corrected chi connectivity index (χ4v) is 1.36. The maximum atomic E-state index is 8.86. The number of nitrogens with two attached hydrogens (primary N) is 1. The van der Waals surface area contributed by atoms with E-state index in [1.807, 2.05) is 13.0 Å². The molecule has 4 N–H and O–H groups in total. The van der Waals surface area contributed by atoms with Crippen molar-refractivity contribution in [3.05, 3.63) is 17.8 Å². The number of anilines is 2. The van der Waals surface area contributed by atoms with Crippen molar-refractivity contribution < 1.29 is 5.11 Å². The van der Waals surface area contributed by atoms with Gasteiger partial charge >= 0.3 is 0 Å². The van der Waals surface area contributed by atoms with Crippen molar-refractivity contribution in [2.24, 2.45) is 0 Å². The minimum Gasteiger partial charge on any atom is -0.398 e. The van der Waals surface area contributed by atoms with Gasteiger partial charge < -0.3 is 16.2 Å². The van der Waals surface area contributed by atoms with E-state index in [1.165, 1.54) is 0 Å². The van der Waals surface area contributed by atoms with Crippen molar-refractivity contribution in [3.63, 3.8) is 0 Å². The van der Waals surface area contributed by atoms with Crippen LogP contribution in [0.4, 0.5) is 11.5 Å². The van der Waals surface area contributed by atoms with Gasteiger partial charge in [0.2, 0.25) is 0 Å². The summed E-state index contributed by atoms with van der Waals surface area (Å²) in [6.45, 7) is 4.19. The summed E-state index contributed by atoms with van der Waals surface area (Å²) in [7, 11) is 0. The Morgan fingerprint density at radius 1 is 1.60 bits per heavy atom. The summed E-state index contributed by atoms with van der Waals surface area (Å²) < 4.78 is 0. The number of nitrogens with zero attached hydrogens (tertiary/aromatic N) is 1. The van der Waals surface area contributed by atoms with E-state index in [-0.39, 0.29) is 12.6 Å². The number of nitrogen functional groups attached to an aromatic ring is 1. The number of pyridine rings is 1. The summed E-state index contributed by atoms with van der Waals surface area (Å²) in [6, 6.07) is 2.08. The highest BCUT2D eigenvalue weighted by atomic mass is 16.3. The van der Waals surface area contributed by atoms with E-state index in [0.717, 1.165) is 29.9 Å². The molecule has 84 valence electrons. The van der Waals surface area contributed by atoms with Gasteiger partial charge in [-0.25, -0.2) is 4.98 Å². The lowest BCUT2D eigenvalue weighted by molar-refractivity contribution is 0.278. The molecule has 1 aromatic rings. The number of aromatic nitrogens is 1. The third-order valence-electron chi connectivity index (χ3n) is 2.47. The molecule has 1 unspecified atom stereocenters. The molecule has 4 nitrogen and oxygen atoms in total. The molecule has 0 fully saturated rings. The van der Waals surface area contributed by atoms with Gasteiger partial charge in [-0.3, -0.25) is 0 Å². The first kappa shape index (κ1) is 11.8. The molecular weight excluding hydrogens is 190 g/mol. The number of aliphatic hydroxyl groups excluding tert-OH is 1. The van der Waals surface area contributed by atoms with Crippen LogP contribution in [0.15, 0.2) is 12.3 Å². The Balaban J connectivity index is 2.66.